The highest BCUT2D eigenvalue weighted by atomic mass is 35.5. The van der Waals surface area contributed by atoms with E-state index in [0.29, 0.717) is 10.8 Å². The number of carbonyl (C=O) groups excluding carboxylic acids is 1. The molecule has 1 amide bonds. The van der Waals surface area contributed by atoms with Crippen LogP contribution in [0.5, 0.6) is 5.75 Å². The number of amides is 1. The number of carboxylic acids is 1. The predicted molar refractivity (Wildman–Crippen MR) is 67.2 cm³/mol. The monoisotopic (exact) mass is 271 g/mol. The molecule has 0 aliphatic heterocycles. The van der Waals surface area contributed by atoms with E-state index in [9.17, 15) is 9.59 Å². The molecule has 0 saturated heterocycles. The zero-order chi connectivity index (χ0) is 13.7. The molecule has 0 aromatic heterocycles. The quantitative estimate of drug-likeness (QED) is 0.858. The van der Waals surface area contributed by atoms with Crippen molar-refractivity contribution in [2.45, 2.75) is 19.4 Å². The SMILES string of the molecule is COc1ccc(Cl)cc1C(=O)NC(C)CC(=O)O. The van der Waals surface area contributed by atoms with Crippen molar-refractivity contribution in [1.82, 2.24) is 5.32 Å². The second-order valence-corrected chi connectivity index (χ2v) is 4.25. The zero-order valence-corrected chi connectivity index (χ0v) is 10.8. The molecule has 5 nitrogen and oxygen atoms in total. The molecule has 0 fully saturated rings. The maximum absolute atomic E-state index is 11.9. The van der Waals surface area contributed by atoms with Crippen molar-refractivity contribution in [3.8, 4) is 5.75 Å². The molecule has 0 bridgehead atoms. The van der Waals surface area contributed by atoms with E-state index in [0.717, 1.165) is 0 Å². The van der Waals surface area contributed by atoms with Gasteiger partial charge in [0.1, 0.15) is 5.75 Å². The number of ether oxygens (including phenoxy) is 1. The van der Waals surface area contributed by atoms with Crippen LogP contribution in [0.4, 0.5) is 0 Å². The number of halogens is 1. The minimum Gasteiger partial charge on any atom is -0.496 e. The van der Waals surface area contributed by atoms with Crippen molar-refractivity contribution in [1.29, 1.82) is 0 Å². The molecule has 0 aliphatic carbocycles. The van der Waals surface area contributed by atoms with Gasteiger partial charge in [0.2, 0.25) is 0 Å². The van der Waals surface area contributed by atoms with Gasteiger partial charge >= 0.3 is 5.97 Å². The Hall–Kier alpha value is -1.75. The fourth-order valence-electron chi connectivity index (χ4n) is 1.47. The van der Waals surface area contributed by atoms with Gasteiger partial charge < -0.3 is 15.2 Å². The molecule has 1 unspecified atom stereocenters. The third-order valence-electron chi connectivity index (χ3n) is 2.26. The van der Waals surface area contributed by atoms with Crippen LogP contribution in [0.1, 0.15) is 23.7 Å². The highest BCUT2D eigenvalue weighted by Gasteiger charge is 2.16. The fourth-order valence-corrected chi connectivity index (χ4v) is 1.64. The summed E-state index contributed by atoms with van der Waals surface area (Å²) in [6, 6.07) is 4.19. The summed E-state index contributed by atoms with van der Waals surface area (Å²) in [5, 5.41) is 11.6. The lowest BCUT2D eigenvalue weighted by molar-refractivity contribution is -0.137. The van der Waals surface area contributed by atoms with Gasteiger partial charge in [-0.15, -0.1) is 0 Å². The van der Waals surface area contributed by atoms with Gasteiger partial charge in [-0.3, -0.25) is 9.59 Å². The molecule has 0 radical (unpaired) electrons. The Labute approximate surface area is 110 Å². The predicted octanol–water partition coefficient (Wildman–Crippen LogP) is 1.94. The van der Waals surface area contributed by atoms with E-state index < -0.39 is 17.9 Å². The Morgan fingerprint density at radius 2 is 2.17 bits per heavy atom. The van der Waals surface area contributed by atoms with E-state index >= 15 is 0 Å². The number of carboxylic acid groups (broad SMARTS) is 1. The topological polar surface area (TPSA) is 75.6 Å². The Morgan fingerprint density at radius 3 is 2.72 bits per heavy atom. The first-order valence-corrected chi connectivity index (χ1v) is 5.68. The van der Waals surface area contributed by atoms with Gasteiger partial charge in [0, 0.05) is 11.1 Å². The van der Waals surface area contributed by atoms with Gasteiger partial charge in [0.15, 0.2) is 0 Å². The fraction of sp³-hybridized carbons (Fsp3) is 0.333. The van der Waals surface area contributed by atoms with E-state index in [1.54, 1.807) is 19.1 Å². The summed E-state index contributed by atoms with van der Waals surface area (Å²) in [6.45, 7) is 1.61. The summed E-state index contributed by atoms with van der Waals surface area (Å²) in [5.74, 6) is -0.997. The summed E-state index contributed by atoms with van der Waals surface area (Å²) in [5.41, 5.74) is 0.280. The molecule has 6 heteroatoms. The average Bonchev–Trinajstić information content (AvgIpc) is 2.27. The Balaban J connectivity index is 2.83. The maximum Gasteiger partial charge on any atom is 0.305 e. The summed E-state index contributed by atoms with van der Waals surface area (Å²) in [4.78, 5) is 22.4. The second kappa shape index (κ2) is 6.26. The standard InChI is InChI=1S/C12H14ClNO4/c1-7(5-11(15)16)14-12(17)9-6-8(13)3-4-10(9)18-2/h3-4,6-7H,5H2,1-2H3,(H,14,17)(H,15,16). The van der Waals surface area contributed by atoms with Crippen molar-refractivity contribution < 1.29 is 19.4 Å². The van der Waals surface area contributed by atoms with Crippen LogP contribution < -0.4 is 10.1 Å². The number of rotatable bonds is 5. The van der Waals surface area contributed by atoms with E-state index in [1.807, 2.05) is 0 Å². The Morgan fingerprint density at radius 1 is 1.50 bits per heavy atom. The van der Waals surface area contributed by atoms with Crippen molar-refractivity contribution in [2.24, 2.45) is 0 Å². The lowest BCUT2D eigenvalue weighted by Crippen LogP contribution is -2.34. The van der Waals surface area contributed by atoms with Crippen molar-refractivity contribution in [3.63, 3.8) is 0 Å². The van der Waals surface area contributed by atoms with Gasteiger partial charge in [0.05, 0.1) is 19.1 Å². The Bertz CT molecular complexity index is 461. The normalized spacial score (nSPS) is 11.7. The summed E-state index contributed by atoms with van der Waals surface area (Å²) < 4.78 is 5.05. The first-order chi connectivity index (χ1) is 8.43. The molecule has 98 valence electrons. The van der Waals surface area contributed by atoms with Gasteiger partial charge in [-0.2, -0.15) is 0 Å². The lowest BCUT2D eigenvalue weighted by atomic mass is 10.1. The number of methoxy groups -OCH3 is 1. The molecule has 1 aromatic rings. The van der Waals surface area contributed by atoms with Gasteiger partial charge in [-0.25, -0.2) is 0 Å². The number of hydrogen-bond acceptors (Lipinski definition) is 3. The average molecular weight is 272 g/mol. The smallest absolute Gasteiger partial charge is 0.305 e. The third kappa shape index (κ3) is 3.92. The number of carbonyl (C=O) groups is 2. The Kier molecular flexibility index (Phi) is 4.97. The minimum atomic E-state index is -0.971. The van der Waals surface area contributed by atoms with Crippen LogP contribution in [-0.4, -0.2) is 30.1 Å². The summed E-state index contributed by atoms with van der Waals surface area (Å²) in [6.07, 6.45) is -0.144. The number of hydrogen-bond donors (Lipinski definition) is 2. The van der Waals surface area contributed by atoms with Gasteiger partial charge in [0.25, 0.3) is 5.91 Å². The van der Waals surface area contributed by atoms with Crippen LogP contribution in [0.25, 0.3) is 0 Å². The van der Waals surface area contributed by atoms with Crippen molar-refractivity contribution in [2.75, 3.05) is 7.11 Å². The van der Waals surface area contributed by atoms with Crippen LogP contribution in [0.15, 0.2) is 18.2 Å². The van der Waals surface area contributed by atoms with Crippen molar-refractivity contribution >= 4 is 23.5 Å². The first kappa shape index (κ1) is 14.3. The number of aliphatic carboxylic acids is 1. The van der Waals surface area contributed by atoms with Crippen LogP contribution in [0, 0.1) is 0 Å². The largest absolute Gasteiger partial charge is 0.496 e. The van der Waals surface area contributed by atoms with Crippen LogP contribution >= 0.6 is 11.6 Å². The second-order valence-electron chi connectivity index (χ2n) is 3.82. The van der Waals surface area contributed by atoms with Crippen LogP contribution in [0.3, 0.4) is 0 Å². The van der Waals surface area contributed by atoms with Gasteiger partial charge in [-0.1, -0.05) is 11.6 Å². The van der Waals surface area contributed by atoms with E-state index in [-0.39, 0.29) is 12.0 Å². The van der Waals surface area contributed by atoms with Crippen molar-refractivity contribution in [3.05, 3.63) is 28.8 Å². The highest BCUT2D eigenvalue weighted by Crippen LogP contribution is 2.22. The molecular formula is C12H14ClNO4. The molecular weight excluding hydrogens is 258 g/mol. The van der Waals surface area contributed by atoms with E-state index in [4.69, 9.17) is 21.4 Å². The minimum absolute atomic E-state index is 0.144. The zero-order valence-electron chi connectivity index (χ0n) is 10.1. The molecule has 2 N–H and O–H groups in total. The molecule has 0 spiro atoms. The van der Waals surface area contributed by atoms with Gasteiger partial charge in [-0.05, 0) is 25.1 Å². The molecule has 0 saturated carbocycles. The lowest BCUT2D eigenvalue weighted by Gasteiger charge is -2.13. The molecule has 1 rings (SSSR count). The molecule has 1 atom stereocenters. The molecule has 1 aromatic carbocycles. The first-order valence-electron chi connectivity index (χ1n) is 5.30. The third-order valence-corrected chi connectivity index (χ3v) is 2.50. The van der Waals surface area contributed by atoms with Crippen LogP contribution in [-0.2, 0) is 4.79 Å². The van der Waals surface area contributed by atoms with Crippen LogP contribution in [0.2, 0.25) is 5.02 Å². The van der Waals surface area contributed by atoms with E-state index in [2.05, 4.69) is 5.32 Å². The molecule has 18 heavy (non-hydrogen) atoms. The molecule has 0 heterocycles. The highest BCUT2D eigenvalue weighted by molar-refractivity contribution is 6.31. The maximum atomic E-state index is 11.9. The summed E-state index contributed by atoms with van der Waals surface area (Å²) >= 11 is 5.81. The summed E-state index contributed by atoms with van der Waals surface area (Å²) in [7, 11) is 1.45. The van der Waals surface area contributed by atoms with E-state index in [1.165, 1.54) is 13.2 Å². The number of nitrogens with one attached hydrogen (secondary N) is 1. The number of benzene rings is 1. The molecule has 0 aliphatic rings.